The van der Waals surface area contributed by atoms with Gasteiger partial charge in [0.2, 0.25) is 4.52 Å². The van der Waals surface area contributed by atoms with Crippen LogP contribution in [0.3, 0.4) is 0 Å². The third-order valence-corrected chi connectivity index (χ3v) is 1.95. The van der Waals surface area contributed by atoms with Gasteiger partial charge in [0, 0.05) is 6.42 Å². The molecule has 0 aromatic carbocycles. The molecule has 0 rings (SSSR count). The zero-order chi connectivity index (χ0) is 8.74. The Labute approximate surface area is 79.0 Å². The lowest BCUT2D eigenvalue weighted by Crippen LogP contribution is -2.17. The molecule has 0 amide bonds. The maximum absolute atomic E-state index is 5.82. The van der Waals surface area contributed by atoms with Crippen LogP contribution >= 0.6 is 23.2 Å². The maximum Gasteiger partial charge on any atom is 0.217 e. The van der Waals surface area contributed by atoms with Crippen molar-refractivity contribution in [3.63, 3.8) is 0 Å². The van der Waals surface area contributed by atoms with Crippen LogP contribution in [0.25, 0.3) is 0 Å². The van der Waals surface area contributed by atoms with E-state index in [4.69, 9.17) is 27.9 Å². The minimum Gasteiger partial charge on any atom is -0.347 e. The smallest absolute Gasteiger partial charge is 0.217 e. The molecule has 0 bridgehead atoms. The summed E-state index contributed by atoms with van der Waals surface area (Å²) in [5.74, 6) is 0. The molecular formula is C8H16Cl2O. The van der Waals surface area contributed by atoms with Crippen molar-refractivity contribution in [2.45, 2.75) is 44.1 Å². The molecule has 3 heteroatoms. The Hall–Kier alpha value is 0.540. The molecule has 1 nitrogen and oxygen atoms in total. The van der Waals surface area contributed by atoms with Gasteiger partial charge in [0.05, 0.1) is 6.61 Å². The first-order valence-corrected chi connectivity index (χ1v) is 4.89. The maximum atomic E-state index is 5.82. The summed E-state index contributed by atoms with van der Waals surface area (Å²) in [4.78, 5) is 0. The first-order valence-electron chi connectivity index (χ1n) is 4.14. The fourth-order valence-corrected chi connectivity index (χ4v) is 1.26. The Morgan fingerprint density at radius 3 is 2.27 bits per heavy atom. The second-order valence-electron chi connectivity index (χ2n) is 2.59. The molecule has 0 radical (unpaired) electrons. The van der Waals surface area contributed by atoms with Crippen LogP contribution in [-0.4, -0.2) is 11.1 Å². The van der Waals surface area contributed by atoms with E-state index < -0.39 is 4.52 Å². The molecule has 0 aliphatic heterocycles. The third-order valence-electron chi connectivity index (χ3n) is 1.35. The molecule has 0 heterocycles. The highest BCUT2D eigenvalue weighted by Gasteiger charge is 2.22. The average Bonchev–Trinajstić information content (AvgIpc) is 1.87. The van der Waals surface area contributed by atoms with Crippen LogP contribution in [0, 0.1) is 0 Å². The molecule has 0 aromatic heterocycles. The summed E-state index contributed by atoms with van der Waals surface area (Å²) in [6, 6.07) is 0. The summed E-state index contributed by atoms with van der Waals surface area (Å²) >= 11 is 11.6. The summed E-state index contributed by atoms with van der Waals surface area (Å²) in [5.41, 5.74) is 0. The number of hydrogen-bond acceptors (Lipinski definition) is 1. The van der Waals surface area contributed by atoms with Gasteiger partial charge in [-0.1, -0.05) is 49.9 Å². The van der Waals surface area contributed by atoms with Crippen LogP contribution in [-0.2, 0) is 4.74 Å². The van der Waals surface area contributed by atoms with Gasteiger partial charge in [-0.3, -0.25) is 0 Å². The fraction of sp³-hybridized carbons (Fsp3) is 1.00. The second-order valence-corrected chi connectivity index (χ2v) is 4.00. The topological polar surface area (TPSA) is 9.23 Å². The van der Waals surface area contributed by atoms with Crippen molar-refractivity contribution in [2.75, 3.05) is 6.61 Å². The van der Waals surface area contributed by atoms with Crippen LogP contribution in [0.4, 0.5) is 0 Å². The Balaban J connectivity index is 3.38. The summed E-state index contributed by atoms with van der Waals surface area (Å²) in [6.45, 7) is 4.79. The van der Waals surface area contributed by atoms with Crippen LogP contribution in [0.5, 0.6) is 0 Å². The molecule has 0 aliphatic carbocycles. The molecule has 0 aromatic rings. The third kappa shape index (κ3) is 6.92. The van der Waals surface area contributed by atoms with Gasteiger partial charge in [0.15, 0.2) is 0 Å². The van der Waals surface area contributed by atoms with E-state index in [9.17, 15) is 0 Å². The number of alkyl halides is 2. The number of rotatable bonds is 6. The molecule has 0 saturated heterocycles. The standard InChI is InChI=1S/C8H16Cl2O/c1-3-5-7-11-8(9,10)6-4-2/h3-7H2,1-2H3. The van der Waals surface area contributed by atoms with Crippen molar-refractivity contribution >= 4 is 23.2 Å². The van der Waals surface area contributed by atoms with Crippen molar-refractivity contribution in [3.05, 3.63) is 0 Å². The van der Waals surface area contributed by atoms with Crippen molar-refractivity contribution < 1.29 is 4.74 Å². The Morgan fingerprint density at radius 2 is 1.82 bits per heavy atom. The van der Waals surface area contributed by atoms with E-state index in [0.717, 1.165) is 19.3 Å². The highest BCUT2D eigenvalue weighted by atomic mass is 35.5. The predicted molar refractivity (Wildman–Crippen MR) is 50.2 cm³/mol. The van der Waals surface area contributed by atoms with Gasteiger partial charge in [0.25, 0.3) is 0 Å². The summed E-state index contributed by atoms with van der Waals surface area (Å²) in [5, 5.41) is 0. The minimum absolute atomic E-state index is 0.656. The lowest BCUT2D eigenvalue weighted by molar-refractivity contribution is 0.0696. The summed E-state index contributed by atoms with van der Waals surface area (Å²) in [7, 11) is 0. The second kappa shape index (κ2) is 6.10. The van der Waals surface area contributed by atoms with E-state index >= 15 is 0 Å². The highest BCUT2D eigenvalue weighted by Crippen LogP contribution is 2.28. The summed E-state index contributed by atoms with van der Waals surface area (Å²) in [6.07, 6.45) is 3.76. The lowest BCUT2D eigenvalue weighted by Gasteiger charge is -2.18. The number of halogens is 2. The van der Waals surface area contributed by atoms with Crippen LogP contribution in [0.1, 0.15) is 39.5 Å². The number of unbranched alkanes of at least 4 members (excludes halogenated alkanes) is 1. The van der Waals surface area contributed by atoms with Crippen LogP contribution in [0.2, 0.25) is 0 Å². The number of hydrogen-bond donors (Lipinski definition) is 0. The van der Waals surface area contributed by atoms with Gasteiger partial charge >= 0.3 is 0 Å². The van der Waals surface area contributed by atoms with Crippen molar-refractivity contribution in [2.24, 2.45) is 0 Å². The van der Waals surface area contributed by atoms with Gasteiger partial charge in [-0.15, -0.1) is 0 Å². The largest absolute Gasteiger partial charge is 0.347 e. The molecule has 11 heavy (non-hydrogen) atoms. The number of ether oxygens (including phenoxy) is 1. The molecule has 68 valence electrons. The quantitative estimate of drug-likeness (QED) is 0.467. The normalized spacial score (nSPS) is 12.0. The van der Waals surface area contributed by atoms with E-state index in [0.29, 0.717) is 13.0 Å². The Bertz CT molecular complexity index is 94.1. The summed E-state index contributed by atoms with van der Waals surface area (Å²) < 4.78 is 4.29. The van der Waals surface area contributed by atoms with Crippen molar-refractivity contribution in [1.29, 1.82) is 0 Å². The fourth-order valence-electron chi connectivity index (χ4n) is 0.729. The lowest BCUT2D eigenvalue weighted by atomic mass is 10.3. The molecule has 0 aliphatic rings. The average molecular weight is 199 g/mol. The van der Waals surface area contributed by atoms with Crippen molar-refractivity contribution in [3.8, 4) is 0 Å². The van der Waals surface area contributed by atoms with E-state index in [1.54, 1.807) is 0 Å². The van der Waals surface area contributed by atoms with Gasteiger partial charge in [-0.2, -0.15) is 0 Å². The Morgan fingerprint density at radius 1 is 1.18 bits per heavy atom. The van der Waals surface area contributed by atoms with Crippen molar-refractivity contribution in [1.82, 2.24) is 0 Å². The monoisotopic (exact) mass is 198 g/mol. The highest BCUT2D eigenvalue weighted by molar-refractivity contribution is 6.47. The van der Waals surface area contributed by atoms with Crippen LogP contribution < -0.4 is 0 Å². The minimum atomic E-state index is -0.954. The van der Waals surface area contributed by atoms with Gasteiger partial charge in [0.1, 0.15) is 0 Å². The van der Waals surface area contributed by atoms with Gasteiger partial charge in [-0.05, 0) is 6.42 Å². The van der Waals surface area contributed by atoms with Gasteiger partial charge in [-0.25, -0.2) is 0 Å². The Kier molecular flexibility index (Phi) is 6.40. The molecular weight excluding hydrogens is 183 g/mol. The van der Waals surface area contributed by atoms with E-state index in [2.05, 4.69) is 6.92 Å². The van der Waals surface area contributed by atoms with Gasteiger partial charge < -0.3 is 4.74 Å². The zero-order valence-corrected chi connectivity index (χ0v) is 8.71. The zero-order valence-electron chi connectivity index (χ0n) is 7.20. The molecule has 0 unspecified atom stereocenters. The molecule has 0 saturated carbocycles. The molecule has 0 N–H and O–H groups in total. The molecule has 0 atom stereocenters. The molecule has 0 spiro atoms. The van der Waals surface area contributed by atoms with E-state index in [1.165, 1.54) is 0 Å². The first-order chi connectivity index (χ1) is 5.12. The predicted octanol–water partition coefficient (Wildman–Crippen LogP) is 3.73. The van der Waals surface area contributed by atoms with E-state index in [-0.39, 0.29) is 0 Å². The van der Waals surface area contributed by atoms with Crippen LogP contribution in [0.15, 0.2) is 0 Å². The first kappa shape index (κ1) is 11.5. The van der Waals surface area contributed by atoms with E-state index in [1.807, 2.05) is 6.92 Å². The SMILES string of the molecule is CCCCOC(Cl)(Cl)CCC. The molecule has 0 fully saturated rings.